The van der Waals surface area contributed by atoms with Crippen molar-refractivity contribution in [2.45, 2.75) is 25.6 Å². The van der Waals surface area contributed by atoms with E-state index < -0.39 is 12.2 Å². The average Bonchev–Trinajstić information content (AvgIpc) is 2.37. The van der Waals surface area contributed by atoms with Crippen LogP contribution in [0.25, 0.3) is 0 Å². The quantitative estimate of drug-likeness (QED) is 0.734. The molecule has 106 valence electrons. The number of carbonyl (C=O) groups is 1. The smallest absolute Gasteiger partial charge is 0.185 e. The summed E-state index contributed by atoms with van der Waals surface area (Å²) in [6.45, 7) is 1.45. The number of aliphatic hydroxyl groups excluding tert-OH is 2. The average molecular weight is 286 g/mol. The molecule has 0 aromatic heterocycles. The minimum absolute atomic E-state index is 0.0137. The van der Waals surface area contributed by atoms with Crippen LogP contribution in [-0.4, -0.2) is 39.4 Å². The van der Waals surface area contributed by atoms with Crippen molar-refractivity contribution in [1.82, 2.24) is 0 Å². The minimum atomic E-state index is -1.17. The Morgan fingerprint density at radius 1 is 1.42 bits per heavy atom. The molecule has 1 rings (SSSR count). The number of aliphatic hydroxyl groups is 2. The van der Waals surface area contributed by atoms with E-state index in [0.717, 1.165) is 11.8 Å². The first-order chi connectivity index (χ1) is 8.95. The number of hydrogen-bond donors (Lipinski definition) is 3. The van der Waals surface area contributed by atoms with Crippen LogP contribution in [0.2, 0.25) is 0 Å². The zero-order chi connectivity index (χ0) is 14.4. The summed E-state index contributed by atoms with van der Waals surface area (Å²) < 4.78 is 5.07. The van der Waals surface area contributed by atoms with Crippen LogP contribution >= 0.6 is 11.8 Å². The standard InChI is InChI=1S/C13H18O5S/c1-8(14)19-6-5-11(16)13(17)10-7-9(15)3-4-12(10)18-2/h3-4,7,11,13,15-17H,5-6H2,1-2H3. The number of hydrogen-bond acceptors (Lipinski definition) is 6. The number of phenols is 1. The first-order valence-electron chi connectivity index (χ1n) is 5.82. The molecule has 0 spiro atoms. The Hall–Kier alpha value is -1.24. The summed E-state index contributed by atoms with van der Waals surface area (Å²) in [5.74, 6) is 0.804. The lowest BCUT2D eigenvalue weighted by Crippen LogP contribution is -2.19. The van der Waals surface area contributed by atoms with Gasteiger partial charge in [-0.2, -0.15) is 0 Å². The van der Waals surface area contributed by atoms with Crippen LogP contribution in [0.1, 0.15) is 25.0 Å². The first-order valence-corrected chi connectivity index (χ1v) is 6.80. The van der Waals surface area contributed by atoms with Gasteiger partial charge in [0, 0.05) is 18.2 Å². The zero-order valence-corrected chi connectivity index (χ0v) is 11.7. The maximum Gasteiger partial charge on any atom is 0.185 e. The highest BCUT2D eigenvalue weighted by Crippen LogP contribution is 2.31. The molecule has 3 N–H and O–H groups in total. The van der Waals surface area contributed by atoms with Gasteiger partial charge in [-0.05, 0) is 24.6 Å². The molecule has 2 unspecified atom stereocenters. The van der Waals surface area contributed by atoms with Gasteiger partial charge in [-0.15, -0.1) is 0 Å². The fraction of sp³-hybridized carbons (Fsp3) is 0.462. The highest BCUT2D eigenvalue weighted by Gasteiger charge is 2.22. The van der Waals surface area contributed by atoms with Crippen molar-refractivity contribution in [3.05, 3.63) is 23.8 Å². The second kappa shape index (κ2) is 7.37. The van der Waals surface area contributed by atoms with Gasteiger partial charge in [-0.3, -0.25) is 4.79 Å². The van der Waals surface area contributed by atoms with Gasteiger partial charge in [0.05, 0.1) is 13.2 Å². The van der Waals surface area contributed by atoms with Crippen LogP contribution in [0.15, 0.2) is 18.2 Å². The molecular formula is C13H18O5S. The largest absolute Gasteiger partial charge is 0.508 e. The van der Waals surface area contributed by atoms with E-state index in [1.807, 2.05) is 0 Å². The van der Waals surface area contributed by atoms with Gasteiger partial charge in [0.2, 0.25) is 0 Å². The van der Waals surface area contributed by atoms with Crippen molar-refractivity contribution in [3.8, 4) is 11.5 Å². The van der Waals surface area contributed by atoms with E-state index in [1.165, 1.54) is 32.2 Å². The van der Waals surface area contributed by atoms with Gasteiger partial charge in [-0.1, -0.05) is 11.8 Å². The van der Waals surface area contributed by atoms with E-state index in [0.29, 0.717) is 17.1 Å². The Balaban J connectivity index is 2.72. The summed E-state index contributed by atoms with van der Waals surface area (Å²) in [7, 11) is 1.45. The van der Waals surface area contributed by atoms with Crippen LogP contribution in [0.3, 0.4) is 0 Å². The molecule has 0 amide bonds. The fourth-order valence-corrected chi connectivity index (χ4v) is 2.29. The summed E-state index contributed by atoms with van der Waals surface area (Å²) in [4.78, 5) is 10.8. The van der Waals surface area contributed by atoms with Crippen molar-refractivity contribution < 1.29 is 24.9 Å². The van der Waals surface area contributed by atoms with Gasteiger partial charge < -0.3 is 20.1 Å². The van der Waals surface area contributed by atoms with Gasteiger partial charge in [0.15, 0.2) is 5.12 Å². The molecule has 5 nitrogen and oxygen atoms in total. The van der Waals surface area contributed by atoms with Crippen LogP contribution in [0.5, 0.6) is 11.5 Å². The van der Waals surface area contributed by atoms with E-state index in [2.05, 4.69) is 0 Å². The second-order valence-electron chi connectivity index (χ2n) is 4.07. The Kier molecular flexibility index (Phi) is 6.14. The maximum atomic E-state index is 10.8. The Labute approximate surface area is 116 Å². The van der Waals surface area contributed by atoms with Crippen molar-refractivity contribution in [2.75, 3.05) is 12.9 Å². The predicted molar refractivity (Wildman–Crippen MR) is 73.4 cm³/mol. The highest BCUT2D eigenvalue weighted by atomic mass is 32.2. The number of thioether (sulfide) groups is 1. The third-order valence-corrected chi connectivity index (χ3v) is 3.46. The van der Waals surface area contributed by atoms with Crippen molar-refractivity contribution >= 4 is 16.9 Å². The minimum Gasteiger partial charge on any atom is -0.508 e. The maximum absolute atomic E-state index is 10.8. The van der Waals surface area contributed by atoms with E-state index in [-0.39, 0.29) is 17.3 Å². The van der Waals surface area contributed by atoms with E-state index in [4.69, 9.17) is 4.74 Å². The molecule has 0 radical (unpaired) electrons. The van der Waals surface area contributed by atoms with Gasteiger partial charge in [0.25, 0.3) is 0 Å². The molecule has 6 heteroatoms. The van der Waals surface area contributed by atoms with Crippen LogP contribution in [-0.2, 0) is 4.79 Å². The molecule has 0 bridgehead atoms. The monoisotopic (exact) mass is 286 g/mol. The molecule has 19 heavy (non-hydrogen) atoms. The summed E-state index contributed by atoms with van der Waals surface area (Å²) in [5, 5.41) is 29.3. The van der Waals surface area contributed by atoms with Crippen LogP contribution < -0.4 is 4.74 Å². The number of methoxy groups -OCH3 is 1. The Morgan fingerprint density at radius 3 is 2.68 bits per heavy atom. The molecule has 0 heterocycles. The van der Waals surface area contributed by atoms with E-state index in [1.54, 1.807) is 0 Å². The molecule has 0 saturated heterocycles. The van der Waals surface area contributed by atoms with Gasteiger partial charge >= 0.3 is 0 Å². The lowest BCUT2D eigenvalue weighted by Gasteiger charge is -2.20. The summed E-state index contributed by atoms with van der Waals surface area (Å²) in [6, 6.07) is 4.31. The fourth-order valence-electron chi connectivity index (χ4n) is 1.64. The van der Waals surface area contributed by atoms with E-state index >= 15 is 0 Å². The lowest BCUT2D eigenvalue weighted by molar-refractivity contribution is -0.109. The summed E-state index contributed by atoms with van der Waals surface area (Å²) >= 11 is 1.09. The number of aromatic hydroxyl groups is 1. The Morgan fingerprint density at radius 2 is 2.11 bits per heavy atom. The molecular weight excluding hydrogens is 268 g/mol. The molecule has 0 saturated carbocycles. The van der Waals surface area contributed by atoms with Crippen molar-refractivity contribution in [3.63, 3.8) is 0 Å². The van der Waals surface area contributed by atoms with Gasteiger partial charge in [0.1, 0.15) is 17.6 Å². The van der Waals surface area contributed by atoms with Gasteiger partial charge in [-0.25, -0.2) is 0 Å². The summed E-state index contributed by atoms with van der Waals surface area (Å²) in [6.07, 6.45) is -1.93. The zero-order valence-electron chi connectivity index (χ0n) is 10.9. The number of ether oxygens (including phenoxy) is 1. The third kappa shape index (κ3) is 4.74. The molecule has 1 aromatic carbocycles. The predicted octanol–water partition coefficient (Wildman–Crippen LogP) is 1.46. The number of carbonyl (C=O) groups excluding carboxylic acids is 1. The third-order valence-electron chi connectivity index (χ3n) is 2.62. The molecule has 0 fully saturated rings. The SMILES string of the molecule is COc1ccc(O)cc1C(O)C(O)CCSC(C)=O. The Bertz CT molecular complexity index is 435. The number of rotatable bonds is 6. The van der Waals surface area contributed by atoms with Crippen LogP contribution in [0, 0.1) is 0 Å². The molecule has 2 atom stereocenters. The number of benzene rings is 1. The topological polar surface area (TPSA) is 87.0 Å². The lowest BCUT2D eigenvalue weighted by atomic mass is 10.0. The normalized spacial score (nSPS) is 13.9. The van der Waals surface area contributed by atoms with E-state index in [9.17, 15) is 20.1 Å². The molecule has 1 aromatic rings. The molecule has 0 aliphatic heterocycles. The van der Waals surface area contributed by atoms with Crippen LogP contribution in [0.4, 0.5) is 0 Å². The number of phenolic OH excluding ortho intramolecular Hbond substituents is 1. The summed E-state index contributed by atoms with van der Waals surface area (Å²) in [5.41, 5.74) is 0.322. The van der Waals surface area contributed by atoms with Crippen molar-refractivity contribution in [2.24, 2.45) is 0 Å². The van der Waals surface area contributed by atoms with Crippen molar-refractivity contribution in [1.29, 1.82) is 0 Å². The first kappa shape index (κ1) is 15.8. The molecule has 0 aliphatic rings. The molecule has 0 aliphatic carbocycles. The highest BCUT2D eigenvalue weighted by molar-refractivity contribution is 8.13. The second-order valence-corrected chi connectivity index (χ2v) is 5.34.